The van der Waals surface area contributed by atoms with Gasteiger partial charge in [-0.2, -0.15) is 0 Å². The van der Waals surface area contributed by atoms with Crippen molar-refractivity contribution < 1.29 is 17.9 Å². The normalized spacial score (nSPS) is 11.1. The van der Waals surface area contributed by atoms with Gasteiger partial charge >= 0.3 is 0 Å². The van der Waals surface area contributed by atoms with E-state index in [1.54, 1.807) is 37.4 Å². The molecule has 0 bridgehead atoms. The summed E-state index contributed by atoms with van der Waals surface area (Å²) in [4.78, 5) is 0. The van der Waals surface area contributed by atoms with Crippen LogP contribution in [-0.2, 0) is 10.0 Å². The molecule has 6 heteroatoms. The fraction of sp³-hybridized carbons (Fsp3) is 0.294. The summed E-state index contributed by atoms with van der Waals surface area (Å²) in [5, 5.41) is 0. The summed E-state index contributed by atoms with van der Waals surface area (Å²) in [6, 6.07) is 12.6. The summed E-state index contributed by atoms with van der Waals surface area (Å²) >= 11 is 0. The molecule has 2 rings (SSSR count). The van der Waals surface area contributed by atoms with E-state index in [1.165, 1.54) is 0 Å². The molecule has 0 unspecified atom stereocenters. The van der Waals surface area contributed by atoms with Crippen LogP contribution in [0.4, 0.5) is 5.69 Å². The van der Waals surface area contributed by atoms with Gasteiger partial charge in [-0.15, -0.1) is 0 Å². The molecule has 0 atom stereocenters. The van der Waals surface area contributed by atoms with E-state index in [1.807, 2.05) is 26.0 Å². The summed E-state index contributed by atoms with van der Waals surface area (Å²) in [6.07, 6.45) is 0. The van der Waals surface area contributed by atoms with E-state index < -0.39 is 10.0 Å². The predicted molar refractivity (Wildman–Crippen MR) is 91.8 cm³/mol. The highest BCUT2D eigenvalue weighted by Gasteiger charge is 2.12. The van der Waals surface area contributed by atoms with E-state index in [2.05, 4.69) is 4.72 Å². The van der Waals surface area contributed by atoms with Crippen LogP contribution in [0.15, 0.2) is 42.5 Å². The summed E-state index contributed by atoms with van der Waals surface area (Å²) < 4.78 is 37.3. The highest BCUT2D eigenvalue weighted by atomic mass is 32.2. The molecule has 2 aromatic carbocycles. The second-order valence-corrected chi connectivity index (χ2v) is 7.11. The van der Waals surface area contributed by atoms with E-state index in [0.29, 0.717) is 11.4 Å². The lowest BCUT2D eigenvalue weighted by Gasteiger charge is -2.12. The average molecular weight is 335 g/mol. The quantitative estimate of drug-likeness (QED) is 0.844. The molecule has 1 N–H and O–H groups in total. The van der Waals surface area contributed by atoms with Crippen LogP contribution in [0.5, 0.6) is 11.5 Å². The molecule has 0 aliphatic carbocycles. The Balaban J connectivity index is 1.90. The van der Waals surface area contributed by atoms with Gasteiger partial charge in [-0.05, 0) is 49.7 Å². The van der Waals surface area contributed by atoms with Gasteiger partial charge in [0.25, 0.3) is 0 Å². The topological polar surface area (TPSA) is 64.6 Å². The number of hydrogen-bond acceptors (Lipinski definition) is 4. The molecule has 0 aromatic heterocycles. The van der Waals surface area contributed by atoms with E-state index in [0.717, 1.165) is 16.9 Å². The van der Waals surface area contributed by atoms with Crippen LogP contribution in [0, 0.1) is 13.8 Å². The maximum Gasteiger partial charge on any atom is 0.236 e. The molecule has 0 aliphatic rings. The van der Waals surface area contributed by atoms with Crippen molar-refractivity contribution in [1.29, 1.82) is 0 Å². The van der Waals surface area contributed by atoms with E-state index in [9.17, 15) is 8.42 Å². The van der Waals surface area contributed by atoms with Crippen LogP contribution in [0.25, 0.3) is 0 Å². The first kappa shape index (κ1) is 17.1. The smallest absolute Gasteiger partial charge is 0.236 e. The van der Waals surface area contributed by atoms with E-state index in [4.69, 9.17) is 9.47 Å². The van der Waals surface area contributed by atoms with Crippen molar-refractivity contribution in [3.05, 3.63) is 53.6 Å². The lowest BCUT2D eigenvalue weighted by atomic mass is 10.1. The minimum Gasteiger partial charge on any atom is -0.497 e. The Labute approximate surface area is 137 Å². The molecule has 0 radical (unpaired) electrons. The number of anilines is 1. The molecule has 5 nitrogen and oxygen atoms in total. The molecule has 0 amide bonds. The third-order valence-corrected chi connectivity index (χ3v) is 4.56. The number of ether oxygens (including phenoxy) is 2. The maximum atomic E-state index is 12.1. The van der Waals surface area contributed by atoms with Gasteiger partial charge in [-0.3, -0.25) is 4.72 Å². The molecule has 2 aromatic rings. The van der Waals surface area contributed by atoms with Crippen molar-refractivity contribution in [3.8, 4) is 11.5 Å². The molecule has 124 valence electrons. The lowest BCUT2D eigenvalue weighted by Crippen LogP contribution is -2.21. The Morgan fingerprint density at radius 2 is 1.65 bits per heavy atom. The minimum absolute atomic E-state index is 0.0760. The molecule has 0 fully saturated rings. The van der Waals surface area contributed by atoms with Crippen molar-refractivity contribution in [1.82, 2.24) is 0 Å². The molecule has 0 aliphatic heterocycles. The first-order chi connectivity index (χ1) is 10.9. The molecular weight excluding hydrogens is 314 g/mol. The lowest BCUT2D eigenvalue weighted by molar-refractivity contribution is 0.340. The maximum absolute atomic E-state index is 12.1. The molecule has 0 heterocycles. The highest BCUT2D eigenvalue weighted by molar-refractivity contribution is 7.92. The van der Waals surface area contributed by atoms with Gasteiger partial charge in [0.05, 0.1) is 12.8 Å². The van der Waals surface area contributed by atoms with Gasteiger partial charge in [0.15, 0.2) is 0 Å². The second-order valence-electron chi connectivity index (χ2n) is 5.26. The number of rotatable bonds is 7. The van der Waals surface area contributed by atoms with Crippen molar-refractivity contribution in [2.75, 3.05) is 24.2 Å². The van der Waals surface area contributed by atoms with Gasteiger partial charge < -0.3 is 9.47 Å². The third-order valence-electron chi connectivity index (χ3n) is 3.33. The zero-order valence-corrected chi connectivity index (χ0v) is 14.3. The number of sulfonamides is 1. The summed E-state index contributed by atoms with van der Waals surface area (Å²) in [7, 11) is -1.87. The number of methoxy groups -OCH3 is 1. The summed E-state index contributed by atoms with van der Waals surface area (Å²) in [5.41, 5.74) is 2.58. The predicted octanol–water partition coefficient (Wildman–Crippen LogP) is 3.13. The van der Waals surface area contributed by atoms with Gasteiger partial charge in [0.2, 0.25) is 10.0 Å². The fourth-order valence-corrected chi connectivity index (χ4v) is 3.06. The Bertz CT molecular complexity index is 755. The van der Waals surface area contributed by atoms with Crippen molar-refractivity contribution in [2.24, 2.45) is 0 Å². The largest absolute Gasteiger partial charge is 0.497 e. The molecule has 0 saturated carbocycles. The van der Waals surface area contributed by atoms with Gasteiger partial charge in [-0.1, -0.05) is 17.7 Å². The minimum atomic E-state index is -3.45. The van der Waals surface area contributed by atoms with Crippen LogP contribution < -0.4 is 14.2 Å². The van der Waals surface area contributed by atoms with Crippen LogP contribution in [-0.4, -0.2) is 27.9 Å². The third kappa shape index (κ3) is 5.17. The molecule has 0 saturated heterocycles. The Hall–Kier alpha value is -2.21. The Kier molecular flexibility index (Phi) is 5.50. The van der Waals surface area contributed by atoms with Gasteiger partial charge in [0, 0.05) is 0 Å². The van der Waals surface area contributed by atoms with Crippen LogP contribution in [0.3, 0.4) is 0 Å². The van der Waals surface area contributed by atoms with E-state index >= 15 is 0 Å². The molecule has 23 heavy (non-hydrogen) atoms. The summed E-state index contributed by atoms with van der Waals surface area (Å²) in [6.45, 7) is 3.92. The monoisotopic (exact) mass is 335 g/mol. The Morgan fingerprint density at radius 1 is 1.00 bits per heavy atom. The standard InChI is InChI=1S/C17H21NO4S/c1-13-4-9-17(14(2)12-13)18-23(19,20)11-10-22-16-7-5-15(21-3)6-8-16/h4-9,12,18H,10-11H2,1-3H3. The summed E-state index contributed by atoms with van der Waals surface area (Å²) in [5.74, 6) is 1.21. The van der Waals surface area contributed by atoms with Crippen LogP contribution in [0.1, 0.15) is 11.1 Å². The van der Waals surface area contributed by atoms with E-state index in [-0.39, 0.29) is 12.4 Å². The SMILES string of the molecule is COc1ccc(OCCS(=O)(=O)Nc2ccc(C)cc2C)cc1. The second kappa shape index (κ2) is 7.37. The first-order valence-corrected chi connectivity index (χ1v) is 8.89. The van der Waals surface area contributed by atoms with Crippen LogP contribution in [0.2, 0.25) is 0 Å². The average Bonchev–Trinajstić information content (AvgIpc) is 2.50. The number of hydrogen-bond donors (Lipinski definition) is 1. The highest BCUT2D eigenvalue weighted by Crippen LogP contribution is 2.19. The van der Waals surface area contributed by atoms with Crippen LogP contribution >= 0.6 is 0 Å². The first-order valence-electron chi connectivity index (χ1n) is 7.24. The van der Waals surface area contributed by atoms with Crippen molar-refractivity contribution >= 4 is 15.7 Å². The van der Waals surface area contributed by atoms with Crippen molar-refractivity contribution in [2.45, 2.75) is 13.8 Å². The van der Waals surface area contributed by atoms with Gasteiger partial charge in [0.1, 0.15) is 23.9 Å². The Morgan fingerprint density at radius 3 is 2.26 bits per heavy atom. The zero-order chi connectivity index (χ0) is 16.9. The molecule has 0 spiro atoms. The zero-order valence-electron chi connectivity index (χ0n) is 13.5. The fourth-order valence-electron chi connectivity index (χ4n) is 2.09. The van der Waals surface area contributed by atoms with Gasteiger partial charge in [-0.25, -0.2) is 8.42 Å². The number of aryl methyl sites for hydroxylation is 2. The molecular formula is C17H21NO4S. The van der Waals surface area contributed by atoms with Crippen molar-refractivity contribution in [3.63, 3.8) is 0 Å². The number of benzene rings is 2. The number of nitrogens with one attached hydrogen (secondary N) is 1.